The van der Waals surface area contributed by atoms with E-state index in [2.05, 4.69) is 6.08 Å². The van der Waals surface area contributed by atoms with Crippen molar-refractivity contribution in [1.82, 2.24) is 0 Å². The van der Waals surface area contributed by atoms with Gasteiger partial charge in [0.05, 0.1) is 28.4 Å². The Bertz CT molecular complexity index is 967. The molecule has 2 aromatic carbocycles. The highest BCUT2D eigenvalue weighted by atomic mass is 31.2. The highest BCUT2D eigenvalue weighted by Crippen LogP contribution is 2.49. The summed E-state index contributed by atoms with van der Waals surface area (Å²) in [6, 6.07) is 7.13. The minimum Gasteiger partial charge on any atom is -0.493 e. The number of hydrogen-bond acceptors (Lipinski definition) is 6. The molecule has 0 aromatic heterocycles. The van der Waals surface area contributed by atoms with Crippen molar-refractivity contribution in [2.24, 2.45) is 0 Å². The van der Waals surface area contributed by atoms with Gasteiger partial charge >= 0.3 is 7.82 Å². The molecule has 0 saturated heterocycles. The second-order valence-corrected chi connectivity index (χ2v) is 7.44. The summed E-state index contributed by atoms with van der Waals surface area (Å²) < 4.78 is 38.0. The van der Waals surface area contributed by atoms with Crippen LogP contribution < -0.4 is 23.5 Å². The van der Waals surface area contributed by atoms with E-state index < -0.39 is 7.82 Å². The summed E-state index contributed by atoms with van der Waals surface area (Å²) in [6.07, 6.45) is 3.26. The Morgan fingerprint density at radius 3 is 2.00 bits per heavy atom. The molecule has 0 amide bonds. The maximum Gasteiger partial charge on any atom is 0.524 e. The Hall–Kier alpha value is -2.67. The Morgan fingerprint density at radius 1 is 0.862 bits per heavy atom. The van der Waals surface area contributed by atoms with Crippen molar-refractivity contribution in [3.05, 3.63) is 47.0 Å². The largest absolute Gasteiger partial charge is 0.524 e. The smallest absolute Gasteiger partial charge is 0.493 e. The average Bonchev–Trinajstić information content (AvgIpc) is 2.71. The van der Waals surface area contributed by atoms with Crippen molar-refractivity contribution in [3.63, 3.8) is 0 Å². The minimum absolute atomic E-state index is 0.0522. The number of benzene rings is 2. The summed E-state index contributed by atoms with van der Waals surface area (Å²) in [6.45, 7) is 0. The van der Waals surface area contributed by atoms with Crippen LogP contribution in [-0.4, -0.2) is 38.2 Å². The number of methoxy groups -OCH3 is 4. The summed E-state index contributed by atoms with van der Waals surface area (Å²) in [5.74, 6) is 1.82. The molecule has 1 aliphatic carbocycles. The molecule has 0 atom stereocenters. The van der Waals surface area contributed by atoms with E-state index in [0.717, 1.165) is 16.7 Å². The zero-order valence-electron chi connectivity index (χ0n) is 16.6. The molecule has 0 unspecified atom stereocenters. The molecule has 0 bridgehead atoms. The third-order valence-corrected chi connectivity index (χ3v) is 5.08. The lowest BCUT2D eigenvalue weighted by Crippen LogP contribution is -2.06. The van der Waals surface area contributed by atoms with Gasteiger partial charge in [-0.05, 0) is 47.7 Å². The second-order valence-electron chi connectivity index (χ2n) is 6.28. The first-order valence-corrected chi connectivity index (χ1v) is 10.3. The van der Waals surface area contributed by atoms with Gasteiger partial charge in [0, 0.05) is 5.56 Å². The third-order valence-electron chi connectivity index (χ3n) is 4.66. The van der Waals surface area contributed by atoms with Crippen LogP contribution in [0.1, 0.15) is 23.1 Å². The summed E-state index contributed by atoms with van der Waals surface area (Å²) in [7, 11) is 1.29. The van der Waals surface area contributed by atoms with Gasteiger partial charge < -0.3 is 23.5 Å². The molecule has 29 heavy (non-hydrogen) atoms. The van der Waals surface area contributed by atoms with Gasteiger partial charge in [-0.15, -0.1) is 0 Å². The summed E-state index contributed by atoms with van der Waals surface area (Å²) in [5, 5.41) is 0. The number of fused-ring (bicyclic) bond motifs is 1. The molecule has 2 aromatic rings. The van der Waals surface area contributed by atoms with Gasteiger partial charge in [-0.1, -0.05) is 12.1 Å². The predicted molar refractivity (Wildman–Crippen MR) is 107 cm³/mol. The van der Waals surface area contributed by atoms with Crippen molar-refractivity contribution in [3.8, 4) is 28.7 Å². The fraction of sp³-hybridized carbons (Fsp3) is 0.300. The van der Waals surface area contributed by atoms with Gasteiger partial charge in [0.15, 0.2) is 23.0 Å². The highest BCUT2D eigenvalue weighted by molar-refractivity contribution is 7.46. The van der Waals surface area contributed by atoms with Crippen molar-refractivity contribution < 1.29 is 37.8 Å². The number of phosphoric acid groups is 1. The van der Waals surface area contributed by atoms with Crippen LogP contribution in [0, 0.1) is 0 Å². The van der Waals surface area contributed by atoms with E-state index in [1.54, 1.807) is 20.3 Å². The first kappa shape index (κ1) is 21.0. The molecular formula is C20H23O8P. The normalized spacial score (nSPS) is 13.2. The number of ether oxygens (including phenoxy) is 4. The SMILES string of the molecule is COc1cc(C2=CCCc3c2ccc(OC)c3OP(=O)(O)O)cc(OC)c1OC. The van der Waals surface area contributed by atoms with Gasteiger partial charge in [0.2, 0.25) is 5.75 Å². The first-order valence-electron chi connectivity index (χ1n) is 8.78. The highest BCUT2D eigenvalue weighted by Gasteiger charge is 2.27. The van der Waals surface area contributed by atoms with Crippen LogP contribution in [0.25, 0.3) is 5.57 Å². The molecule has 0 fully saturated rings. The molecule has 1 aliphatic rings. The van der Waals surface area contributed by atoms with Crippen molar-refractivity contribution in [2.45, 2.75) is 12.8 Å². The van der Waals surface area contributed by atoms with Crippen LogP contribution in [0.2, 0.25) is 0 Å². The fourth-order valence-corrected chi connectivity index (χ4v) is 3.91. The van der Waals surface area contributed by atoms with Gasteiger partial charge in [0.1, 0.15) is 0 Å². The van der Waals surface area contributed by atoms with E-state index >= 15 is 0 Å². The number of phosphoric ester groups is 1. The molecule has 3 rings (SSSR count). The lowest BCUT2D eigenvalue weighted by atomic mass is 9.86. The Balaban J connectivity index is 2.18. The Kier molecular flexibility index (Phi) is 6.07. The molecule has 0 heterocycles. The summed E-state index contributed by atoms with van der Waals surface area (Å²) in [5.41, 5.74) is 3.13. The van der Waals surface area contributed by atoms with E-state index in [9.17, 15) is 14.4 Å². The quantitative estimate of drug-likeness (QED) is 0.653. The summed E-state index contributed by atoms with van der Waals surface area (Å²) >= 11 is 0. The van der Waals surface area contributed by atoms with Gasteiger partial charge in [-0.25, -0.2) is 4.57 Å². The lowest BCUT2D eigenvalue weighted by molar-refractivity contribution is 0.275. The molecule has 0 saturated carbocycles. The van der Waals surface area contributed by atoms with E-state index in [1.807, 2.05) is 18.2 Å². The molecule has 9 heteroatoms. The molecule has 156 valence electrons. The van der Waals surface area contributed by atoms with Crippen molar-refractivity contribution >= 4 is 13.4 Å². The predicted octanol–water partition coefficient (Wildman–Crippen LogP) is 3.57. The molecule has 0 spiro atoms. The summed E-state index contributed by atoms with van der Waals surface area (Å²) in [4.78, 5) is 18.7. The van der Waals surface area contributed by atoms with Gasteiger partial charge in [0.25, 0.3) is 0 Å². The van der Waals surface area contributed by atoms with Crippen LogP contribution in [0.5, 0.6) is 28.7 Å². The number of rotatable bonds is 7. The molecule has 8 nitrogen and oxygen atoms in total. The van der Waals surface area contributed by atoms with Crippen LogP contribution in [0.15, 0.2) is 30.3 Å². The minimum atomic E-state index is -4.76. The van der Waals surface area contributed by atoms with Gasteiger partial charge in [-0.2, -0.15) is 0 Å². The maximum absolute atomic E-state index is 11.5. The molecular weight excluding hydrogens is 399 g/mol. The Labute approximate surface area is 168 Å². The number of hydrogen-bond donors (Lipinski definition) is 2. The van der Waals surface area contributed by atoms with E-state index in [4.69, 9.17) is 23.5 Å². The first-order chi connectivity index (χ1) is 13.8. The zero-order valence-corrected chi connectivity index (χ0v) is 17.5. The van der Waals surface area contributed by atoms with Crippen LogP contribution >= 0.6 is 7.82 Å². The lowest BCUT2D eigenvalue weighted by Gasteiger charge is -2.24. The van der Waals surface area contributed by atoms with E-state index in [1.165, 1.54) is 14.2 Å². The molecule has 0 aliphatic heterocycles. The Morgan fingerprint density at radius 2 is 1.48 bits per heavy atom. The zero-order chi connectivity index (χ0) is 21.2. The number of allylic oxidation sites excluding steroid dienone is 1. The van der Waals surface area contributed by atoms with Crippen LogP contribution in [0.4, 0.5) is 0 Å². The van der Waals surface area contributed by atoms with Crippen LogP contribution in [0.3, 0.4) is 0 Å². The van der Waals surface area contributed by atoms with E-state index in [-0.39, 0.29) is 11.5 Å². The molecule has 0 radical (unpaired) electrons. The monoisotopic (exact) mass is 422 g/mol. The average molecular weight is 422 g/mol. The second kappa shape index (κ2) is 8.37. The van der Waals surface area contributed by atoms with Crippen LogP contribution in [-0.2, 0) is 11.0 Å². The standard InChI is InChI=1S/C20H23O8P/c1-24-16-9-8-14-13(6-5-7-15(14)19(16)28-29(21,22)23)12-10-17(25-2)20(27-4)18(11-12)26-3/h6,8-11H,5,7H2,1-4H3,(H2,21,22,23). The van der Waals surface area contributed by atoms with E-state index in [0.29, 0.717) is 35.7 Å². The third kappa shape index (κ3) is 4.19. The molecule has 2 N–H and O–H groups in total. The van der Waals surface area contributed by atoms with Crippen molar-refractivity contribution in [1.29, 1.82) is 0 Å². The van der Waals surface area contributed by atoms with Crippen molar-refractivity contribution in [2.75, 3.05) is 28.4 Å². The fourth-order valence-electron chi connectivity index (χ4n) is 3.47. The van der Waals surface area contributed by atoms with Gasteiger partial charge in [-0.3, -0.25) is 9.79 Å². The maximum atomic E-state index is 11.5. The topological polar surface area (TPSA) is 104 Å².